The average Bonchev–Trinajstić information content (AvgIpc) is 2.60. The highest BCUT2D eigenvalue weighted by molar-refractivity contribution is 5.79. The van der Waals surface area contributed by atoms with Gasteiger partial charge in [-0.1, -0.05) is 31.7 Å². The number of ether oxygens (including phenoxy) is 1. The Kier molecular flexibility index (Phi) is 7.88. The summed E-state index contributed by atoms with van der Waals surface area (Å²) in [5.41, 5.74) is 0.910. The van der Waals surface area contributed by atoms with Crippen LogP contribution in [-0.4, -0.2) is 43.6 Å². The molecule has 0 aromatic heterocycles. The van der Waals surface area contributed by atoms with Gasteiger partial charge in [0.15, 0.2) is 23.0 Å². The molecule has 150 valence electrons. The van der Waals surface area contributed by atoms with Gasteiger partial charge in [0, 0.05) is 6.42 Å². The summed E-state index contributed by atoms with van der Waals surface area (Å²) in [5.74, 6) is -3.43. The number of phenols is 4. The van der Waals surface area contributed by atoms with E-state index in [1.807, 2.05) is 0 Å². The van der Waals surface area contributed by atoms with E-state index in [1.165, 1.54) is 48.6 Å². The topological polar surface area (TPSA) is 145 Å². The van der Waals surface area contributed by atoms with Crippen LogP contribution in [0.4, 0.5) is 0 Å². The predicted octanol–water partition coefficient (Wildman–Crippen LogP) is 2.79. The first-order valence-corrected chi connectivity index (χ1v) is 7.88. The number of hydrogen-bond donors (Lipinski definition) is 5. The van der Waals surface area contributed by atoms with E-state index in [0.29, 0.717) is 11.1 Å². The molecule has 0 amide bonds. The molecule has 2 rings (SSSR count). The number of carboxylic acids is 1. The number of aliphatic carboxylic acids is 1. The molecule has 0 radical (unpaired) electrons. The molecule has 8 nitrogen and oxygen atoms in total. The minimum atomic E-state index is -1.45. The zero-order valence-electron chi connectivity index (χ0n) is 14.1. The van der Waals surface area contributed by atoms with Crippen molar-refractivity contribution in [3.63, 3.8) is 0 Å². The largest absolute Gasteiger partial charge is 0.504 e. The summed E-state index contributed by atoms with van der Waals surface area (Å²) in [6, 6.07) is 7.93. The first kappa shape index (κ1) is 22.4. The monoisotopic (exact) mass is 390 g/mol. The molecule has 2 aromatic rings. The molecule has 0 bridgehead atoms. The minimum absolute atomic E-state index is 0. The van der Waals surface area contributed by atoms with E-state index in [-0.39, 0.29) is 37.5 Å². The van der Waals surface area contributed by atoms with Gasteiger partial charge in [-0.2, -0.15) is 0 Å². The molecule has 1 atom stereocenters. The molecule has 0 saturated carbocycles. The molecule has 8 heteroatoms. The molecule has 28 heavy (non-hydrogen) atoms. The standard InChI is InChI=1S/C19H18O8.CH4/c20-13-6-4-11(8-15(13)22)2-1-3-18(24)27-17(19(25)26)10-12-5-7-14(21)16(23)9-12;/h1-2,4-9,17,20-23H,3,10H2,(H,25,26);1H4/b2-1+;/t17-;/m1./s1. The van der Waals surface area contributed by atoms with Gasteiger partial charge >= 0.3 is 11.9 Å². The first-order valence-electron chi connectivity index (χ1n) is 7.88. The third-order valence-electron chi connectivity index (χ3n) is 3.60. The number of benzene rings is 2. The van der Waals surface area contributed by atoms with Crippen molar-refractivity contribution in [3.8, 4) is 23.0 Å². The summed E-state index contributed by atoms with van der Waals surface area (Å²) in [7, 11) is 0. The lowest BCUT2D eigenvalue weighted by Gasteiger charge is -2.13. The molecule has 0 aliphatic heterocycles. The minimum Gasteiger partial charge on any atom is -0.504 e. The number of carbonyl (C=O) groups excluding carboxylic acids is 1. The smallest absolute Gasteiger partial charge is 0.345 e. The highest BCUT2D eigenvalue weighted by Gasteiger charge is 2.22. The number of rotatable bonds is 7. The number of hydrogen-bond acceptors (Lipinski definition) is 7. The van der Waals surface area contributed by atoms with E-state index < -0.39 is 23.8 Å². The second-order valence-corrected chi connectivity index (χ2v) is 5.70. The third-order valence-corrected chi connectivity index (χ3v) is 3.60. The van der Waals surface area contributed by atoms with Gasteiger partial charge in [-0.3, -0.25) is 4.79 Å². The van der Waals surface area contributed by atoms with Crippen LogP contribution in [0.3, 0.4) is 0 Å². The number of aromatic hydroxyl groups is 4. The van der Waals surface area contributed by atoms with Crippen molar-refractivity contribution >= 4 is 18.0 Å². The quantitative estimate of drug-likeness (QED) is 0.358. The van der Waals surface area contributed by atoms with E-state index in [1.54, 1.807) is 0 Å². The zero-order chi connectivity index (χ0) is 20.0. The normalized spacial score (nSPS) is 11.6. The molecule has 0 unspecified atom stereocenters. The first-order chi connectivity index (χ1) is 12.8. The van der Waals surface area contributed by atoms with Crippen LogP contribution >= 0.6 is 0 Å². The van der Waals surface area contributed by atoms with Crippen molar-refractivity contribution in [2.24, 2.45) is 0 Å². The number of carboxylic acid groups (broad SMARTS) is 1. The van der Waals surface area contributed by atoms with Gasteiger partial charge in [0.1, 0.15) is 0 Å². The van der Waals surface area contributed by atoms with Crippen LogP contribution < -0.4 is 0 Å². The van der Waals surface area contributed by atoms with E-state index in [0.717, 1.165) is 0 Å². The molecule has 0 aliphatic rings. The second-order valence-electron chi connectivity index (χ2n) is 5.70. The Hall–Kier alpha value is -3.68. The van der Waals surface area contributed by atoms with E-state index in [9.17, 15) is 35.1 Å². The average molecular weight is 390 g/mol. The Morgan fingerprint density at radius 1 is 0.929 bits per heavy atom. The van der Waals surface area contributed by atoms with Crippen LogP contribution in [0.15, 0.2) is 42.5 Å². The Bertz CT molecular complexity index is 873. The van der Waals surface area contributed by atoms with Gasteiger partial charge in [0.25, 0.3) is 0 Å². The molecule has 0 heterocycles. The molecule has 0 aliphatic carbocycles. The van der Waals surface area contributed by atoms with Gasteiger partial charge in [-0.25, -0.2) is 4.79 Å². The van der Waals surface area contributed by atoms with Crippen molar-refractivity contribution in [3.05, 3.63) is 53.6 Å². The maximum Gasteiger partial charge on any atom is 0.345 e. The lowest BCUT2D eigenvalue weighted by molar-refractivity contribution is -0.163. The fraction of sp³-hybridized carbons (Fsp3) is 0.200. The van der Waals surface area contributed by atoms with Crippen molar-refractivity contribution in [2.75, 3.05) is 0 Å². The van der Waals surface area contributed by atoms with Crippen molar-refractivity contribution in [2.45, 2.75) is 26.4 Å². The Labute approximate surface area is 161 Å². The lowest BCUT2D eigenvalue weighted by Crippen LogP contribution is -2.29. The Morgan fingerprint density at radius 2 is 1.54 bits per heavy atom. The Morgan fingerprint density at radius 3 is 2.11 bits per heavy atom. The molecular formula is C20H22O8. The predicted molar refractivity (Wildman–Crippen MR) is 101 cm³/mol. The number of esters is 1. The highest BCUT2D eigenvalue weighted by atomic mass is 16.6. The zero-order valence-corrected chi connectivity index (χ0v) is 14.1. The maximum atomic E-state index is 11.9. The second kappa shape index (κ2) is 9.86. The third kappa shape index (κ3) is 6.24. The van der Waals surface area contributed by atoms with Crippen LogP contribution in [0, 0.1) is 0 Å². The summed E-state index contributed by atoms with van der Waals surface area (Å²) in [6.07, 6.45) is 1.11. The Balaban J connectivity index is 0.00000392. The fourth-order valence-electron chi connectivity index (χ4n) is 2.23. The summed E-state index contributed by atoms with van der Waals surface area (Å²) < 4.78 is 4.94. The molecular weight excluding hydrogens is 368 g/mol. The maximum absolute atomic E-state index is 11.9. The molecule has 2 aromatic carbocycles. The summed E-state index contributed by atoms with van der Waals surface area (Å²) in [4.78, 5) is 23.2. The van der Waals surface area contributed by atoms with Gasteiger partial charge < -0.3 is 30.3 Å². The summed E-state index contributed by atoms with van der Waals surface area (Å²) in [6.45, 7) is 0. The van der Waals surface area contributed by atoms with Gasteiger partial charge in [0.2, 0.25) is 6.10 Å². The van der Waals surface area contributed by atoms with E-state index in [4.69, 9.17) is 4.74 Å². The van der Waals surface area contributed by atoms with Crippen molar-refractivity contribution < 1.29 is 39.9 Å². The fourth-order valence-corrected chi connectivity index (χ4v) is 2.23. The van der Waals surface area contributed by atoms with Gasteiger partial charge in [0.05, 0.1) is 6.42 Å². The summed E-state index contributed by atoms with van der Waals surface area (Å²) in [5, 5.41) is 46.5. The van der Waals surface area contributed by atoms with Crippen LogP contribution in [0.25, 0.3) is 6.08 Å². The highest BCUT2D eigenvalue weighted by Crippen LogP contribution is 2.26. The SMILES string of the molecule is C.O=C(C/C=C/c1ccc(O)c(O)c1)O[C@H](Cc1ccc(O)c(O)c1)C(=O)O. The summed E-state index contributed by atoms with van der Waals surface area (Å²) >= 11 is 0. The van der Waals surface area contributed by atoms with E-state index in [2.05, 4.69) is 0 Å². The van der Waals surface area contributed by atoms with Crippen molar-refractivity contribution in [1.29, 1.82) is 0 Å². The molecule has 0 spiro atoms. The van der Waals surface area contributed by atoms with Crippen LogP contribution in [0.5, 0.6) is 23.0 Å². The number of carbonyl (C=O) groups is 2. The molecule has 0 fully saturated rings. The van der Waals surface area contributed by atoms with Gasteiger partial charge in [-0.15, -0.1) is 0 Å². The van der Waals surface area contributed by atoms with Crippen LogP contribution in [0.2, 0.25) is 0 Å². The van der Waals surface area contributed by atoms with Gasteiger partial charge in [-0.05, 0) is 35.4 Å². The van der Waals surface area contributed by atoms with Crippen LogP contribution in [-0.2, 0) is 20.7 Å². The van der Waals surface area contributed by atoms with E-state index >= 15 is 0 Å². The number of phenolic OH excluding ortho intramolecular Hbond substituents is 4. The van der Waals surface area contributed by atoms with Crippen LogP contribution in [0.1, 0.15) is 25.0 Å². The molecule has 5 N–H and O–H groups in total. The molecule has 0 saturated heterocycles. The van der Waals surface area contributed by atoms with Crippen molar-refractivity contribution in [1.82, 2.24) is 0 Å². The lowest BCUT2D eigenvalue weighted by atomic mass is 10.1.